The first kappa shape index (κ1) is 12.7. The first-order valence-corrected chi connectivity index (χ1v) is 5.58. The summed E-state index contributed by atoms with van der Waals surface area (Å²) in [6.07, 6.45) is 0. The number of nitrogens with zero attached hydrogens (tertiary/aromatic N) is 1. The van der Waals surface area contributed by atoms with E-state index in [2.05, 4.69) is 15.1 Å². The molecule has 2 rings (SSSR count). The van der Waals surface area contributed by atoms with Crippen molar-refractivity contribution in [3.05, 3.63) is 44.4 Å². The number of carbonyl (C=O) groups is 1. The van der Waals surface area contributed by atoms with Gasteiger partial charge in [0.2, 0.25) is 0 Å². The lowest BCUT2D eigenvalue weighted by atomic mass is 10.3. The fourth-order valence-corrected chi connectivity index (χ4v) is 1.70. The average molecular weight is 289 g/mol. The van der Waals surface area contributed by atoms with E-state index in [4.69, 9.17) is 23.2 Å². The van der Waals surface area contributed by atoms with Crippen LogP contribution in [0.5, 0.6) is 0 Å². The molecule has 0 spiro atoms. The normalized spacial score (nSPS) is 10.4. The molecule has 8 heteroatoms. The molecule has 0 fully saturated rings. The van der Waals surface area contributed by atoms with Crippen LogP contribution >= 0.6 is 23.2 Å². The molecular formula is C10H8Cl2N3O3+. The van der Waals surface area contributed by atoms with E-state index in [1.165, 1.54) is 13.1 Å². The van der Waals surface area contributed by atoms with Crippen molar-refractivity contribution in [2.45, 2.75) is 0 Å². The molecule has 0 atom stereocenters. The maximum absolute atomic E-state index is 11.9. The molecule has 1 heterocycles. The van der Waals surface area contributed by atoms with Crippen LogP contribution in [0.2, 0.25) is 10.0 Å². The van der Waals surface area contributed by atoms with E-state index in [1.54, 1.807) is 12.1 Å². The van der Waals surface area contributed by atoms with Crippen molar-refractivity contribution in [1.82, 2.24) is 5.27 Å². The van der Waals surface area contributed by atoms with Gasteiger partial charge in [-0.1, -0.05) is 27.9 Å². The summed E-state index contributed by atoms with van der Waals surface area (Å²) in [6, 6.07) is 4.61. The largest absolute Gasteiger partial charge is 0.440 e. The van der Waals surface area contributed by atoms with Gasteiger partial charge in [-0.25, -0.2) is 4.79 Å². The second kappa shape index (κ2) is 4.83. The number of aryl methyl sites for hydroxylation is 1. The molecule has 0 bridgehead atoms. The number of anilines is 1. The van der Waals surface area contributed by atoms with Gasteiger partial charge in [-0.3, -0.25) is 9.32 Å². The van der Waals surface area contributed by atoms with E-state index in [0.717, 1.165) is 4.68 Å². The Kier molecular flexibility index (Phi) is 3.40. The Labute approximate surface area is 111 Å². The van der Waals surface area contributed by atoms with Crippen LogP contribution in [0.15, 0.2) is 27.5 Å². The van der Waals surface area contributed by atoms with Gasteiger partial charge < -0.3 is 5.32 Å². The summed E-state index contributed by atoms with van der Waals surface area (Å²) in [6.45, 7) is 0. The number of halogens is 2. The highest BCUT2D eigenvalue weighted by Gasteiger charge is 2.26. The predicted molar refractivity (Wildman–Crippen MR) is 64.9 cm³/mol. The first-order valence-electron chi connectivity index (χ1n) is 4.83. The van der Waals surface area contributed by atoms with Crippen molar-refractivity contribution < 1.29 is 14.0 Å². The molecular weight excluding hydrogens is 281 g/mol. The molecule has 1 aromatic carbocycles. The quantitative estimate of drug-likeness (QED) is 0.819. The second-order valence-corrected chi connectivity index (χ2v) is 4.31. The number of amides is 1. The van der Waals surface area contributed by atoms with Crippen molar-refractivity contribution >= 4 is 34.8 Å². The topological polar surface area (TPSA) is 79.0 Å². The molecule has 0 saturated carbocycles. The smallest absolute Gasteiger partial charge is 0.315 e. The van der Waals surface area contributed by atoms with Gasteiger partial charge in [-0.2, -0.15) is 0 Å². The number of benzene rings is 1. The Morgan fingerprint density at radius 1 is 1.44 bits per heavy atom. The summed E-state index contributed by atoms with van der Waals surface area (Å²) < 4.78 is 5.63. The Bertz CT molecular complexity index is 663. The molecule has 0 aliphatic rings. The number of rotatable bonds is 2. The zero-order chi connectivity index (χ0) is 13.3. The number of H-pyrrole nitrogens is 1. The zero-order valence-electron chi connectivity index (χ0n) is 9.16. The van der Waals surface area contributed by atoms with Gasteiger partial charge in [0, 0.05) is 5.02 Å². The van der Waals surface area contributed by atoms with Crippen molar-refractivity contribution in [3.63, 3.8) is 0 Å². The van der Waals surface area contributed by atoms with Gasteiger partial charge >= 0.3 is 17.2 Å². The Hall–Kier alpha value is -1.79. The molecule has 0 unspecified atom stereocenters. The van der Waals surface area contributed by atoms with Crippen LogP contribution in [-0.4, -0.2) is 11.2 Å². The summed E-state index contributed by atoms with van der Waals surface area (Å²) in [5.41, 5.74) is -0.631. The number of carbonyl (C=O) groups excluding carboxylic acids is 1. The fourth-order valence-electron chi connectivity index (χ4n) is 1.36. The van der Waals surface area contributed by atoms with Crippen LogP contribution in [0.1, 0.15) is 10.5 Å². The van der Waals surface area contributed by atoms with Crippen molar-refractivity contribution in [2.24, 2.45) is 7.05 Å². The van der Waals surface area contributed by atoms with Gasteiger partial charge in [0.05, 0.1) is 10.7 Å². The summed E-state index contributed by atoms with van der Waals surface area (Å²) in [4.78, 5) is 23.2. The molecule has 0 aliphatic heterocycles. The molecule has 94 valence electrons. The first-order chi connectivity index (χ1) is 8.49. The van der Waals surface area contributed by atoms with Crippen LogP contribution < -0.4 is 15.6 Å². The summed E-state index contributed by atoms with van der Waals surface area (Å²) >= 11 is 11.7. The predicted octanol–water partition coefficient (Wildman–Crippen LogP) is 1.35. The van der Waals surface area contributed by atoms with Gasteiger partial charge in [0.25, 0.3) is 0 Å². The van der Waals surface area contributed by atoms with E-state index in [0.29, 0.717) is 15.7 Å². The number of aromatic amines is 1. The van der Waals surface area contributed by atoms with Crippen molar-refractivity contribution in [2.75, 3.05) is 5.32 Å². The molecule has 1 aromatic heterocycles. The summed E-state index contributed by atoms with van der Waals surface area (Å²) in [5.74, 6) is -0.642. The minimum Gasteiger partial charge on any atom is -0.315 e. The van der Waals surface area contributed by atoms with Gasteiger partial charge in [0.1, 0.15) is 0 Å². The highest BCUT2D eigenvalue weighted by Crippen LogP contribution is 2.25. The van der Waals surface area contributed by atoms with Crippen LogP contribution in [0, 0.1) is 0 Å². The minimum absolute atomic E-state index is 0.175. The number of hydrogen-bond donors (Lipinski definition) is 2. The van der Waals surface area contributed by atoms with Crippen LogP contribution in [0.25, 0.3) is 0 Å². The van der Waals surface area contributed by atoms with Crippen molar-refractivity contribution in [1.29, 1.82) is 0 Å². The van der Waals surface area contributed by atoms with E-state index in [1.807, 2.05) is 0 Å². The standard InChI is InChI=1S/C10H7Cl2N3O3/c1-15-8(10(17)18-14-15)9(16)13-7-4-5(11)2-3-6(7)12/h2-4H,1H3,(H-,13,14,16,17)/p+1. The van der Waals surface area contributed by atoms with E-state index < -0.39 is 11.5 Å². The molecule has 18 heavy (non-hydrogen) atoms. The Morgan fingerprint density at radius 3 is 2.78 bits per heavy atom. The lowest BCUT2D eigenvalue weighted by molar-refractivity contribution is -0.741. The molecule has 2 aromatic rings. The van der Waals surface area contributed by atoms with E-state index >= 15 is 0 Å². The third-order valence-corrected chi connectivity index (χ3v) is 2.76. The molecule has 0 saturated heterocycles. The zero-order valence-corrected chi connectivity index (χ0v) is 10.7. The van der Waals surface area contributed by atoms with Gasteiger partial charge in [-0.05, 0) is 23.5 Å². The lowest BCUT2D eigenvalue weighted by Crippen LogP contribution is -2.41. The summed E-state index contributed by atoms with van der Waals surface area (Å²) in [5, 5.41) is 5.45. The van der Waals surface area contributed by atoms with Crippen molar-refractivity contribution in [3.8, 4) is 0 Å². The molecule has 1 amide bonds. The third-order valence-electron chi connectivity index (χ3n) is 2.20. The molecule has 2 N–H and O–H groups in total. The Morgan fingerprint density at radius 2 is 2.17 bits per heavy atom. The fraction of sp³-hybridized carbons (Fsp3) is 0.100. The average Bonchev–Trinajstić information content (AvgIpc) is 2.63. The monoisotopic (exact) mass is 288 g/mol. The van der Waals surface area contributed by atoms with E-state index in [9.17, 15) is 9.59 Å². The maximum atomic E-state index is 11.9. The highest BCUT2D eigenvalue weighted by atomic mass is 35.5. The molecule has 6 nitrogen and oxygen atoms in total. The lowest BCUT2D eigenvalue weighted by Gasteiger charge is -2.04. The SMILES string of the molecule is C[n+]1[nH]oc(=O)c1C(=O)Nc1cc(Cl)ccc1Cl. The van der Waals surface area contributed by atoms with Crippen LogP contribution in [-0.2, 0) is 7.05 Å². The second-order valence-electron chi connectivity index (χ2n) is 3.47. The number of hydrogen-bond acceptors (Lipinski definition) is 3. The van der Waals surface area contributed by atoms with Crippen LogP contribution in [0.3, 0.4) is 0 Å². The van der Waals surface area contributed by atoms with Gasteiger partial charge in [-0.15, -0.1) is 0 Å². The Balaban J connectivity index is 2.32. The van der Waals surface area contributed by atoms with Crippen LogP contribution in [0.4, 0.5) is 5.69 Å². The van der Waals surface area contributed by atoms with Gasteiger partial charge in [0.15, 0.2) is 7.05 Å². The molecule has 0 aliphatic carbocycles. The summed E-state index contributed by atoms with van der Waals surface area (Å²) in [7, 11) is 1.47. The third kappa shape index (κ3) is 2.39. The van der Waals surface area contributed by atoms with E-state index in [-0.39, 0.29) is 5.69 Å². The number of aromatic nitrogens is 2. The maximum Gasteiger partial charge on any atom is 0.440 e. The minimum atomic E-state index is -0.770. The molecule has 0 radical (unpaired) electrons. The number of nitrogens with one attached hydrogen (secondary N) is 2. The highest BCUT2D eigenvalue weighted by molar-refractivity contribution is 6.35.